The second-order valence-corrected chi connectivity index (χ2v) is 11.9. The zero-order valence-electron chi connectivity index (χ0n) is 20.3. The van der Waals surface area contributed by atoms with Crippen LogP contribution in [0.2, 0.25) is 0 Å². The summed E-state index contributed by atoms with van der Waals surface area (Å²) in [5, 5.41) is 0. The summed E-state index contributed by atoms with van der Waals surface area (Å²) >= 11 is 0. The summed E-state index contributed by atoms with van der Waals surface area (Å²) in [6.45, 7) is 8.24. The second kappa shape index (κ2) is 9.34. The second-order valence-electron chi connectivity index (χ2n) is 9.99. The first-order valence-corrected chi connectivity index (χ1v) is 14.0. The average Bonchev–Trinajstić information content (AvgIpc) is 3.34. The number of sulfonamides is 1. The van der Waals surface area contributed by atoms with Gasteiger partial charge in [0.15, 0.2) is 0 Å². The molecule has 0 spiro atoms. The van der Waals surface area contributed by atoms with Crippen LogP contribution in [0, 0.1) is 19.8 Å². The maximum absolute atomic E-state index is 13.2. The van der Waals surface area contributed by atoms with Gasteiger partial charge in [-0.2, -0.15) is 4.31 Å². The molecule has 0 aromatic heterocycles. The van der Waals surface area contributed by atoms with Crippen molar-refractivity contribution in [2.24, 2.45) is 5.92 Å². The SMILES string of the molecule is Cc1cccc(N2CCN(C(=O)C3CCN(S(=O)(=O)c4ccc5c(c4)CCC5)CC3)CC2)c1C. The fourth-order valence-electron chi connectivity index (χ4n) is 5.70. The van der Waals surface area contributed by atoms with Crippen molar-refractivity contribution in [3.05, 3.63) is 58.7 Å². The van der Waals surface area contributed by atoms with Crippen molar-refractivity contribution in [3.63, 3.8) is 0 Å². The van der Waals surface area contributed by atoms with Crippen LogP contribution in [0.25, 0.3) is 0 Å². The molecule has 0 atom stereocenters. The van der Waals surface area contributed by atoms with Crippen molar-refractivity contribution < 1.29 is 13.2 Å². The zero-order valence-corrected chi connectivity index (χ0v) is 21.1. The fraction of sp³-hybridized carbons (Fsp3) is 0.519. The lowest BCUT2D eigenvalue weighted by atomic mass is 9.96. The van der Waals surface area contributed by atoms with Gasteiger partial charge in [-0.1, -0.05) is 18.2 Å². The third-order valence-corrected chi connectivity index (χ3v) is 9.91. The number of nitrogens with zero attached hydrogens (tertiary/aromatic N) is 3. The first kappa shape index (κ1) is 23.4. The summed E-state index contributed by atoms with van der Waals surface area (Å²) in [6, 6.07) is 12.0. The number of piperidine rings is 1. The first-order valence-electron chi connectivity index (χ1n) is 12.6. The monoisotopic (exact) mass is 481 g/mol. The lowest BCUT2D eigenvalue weighted by molar-refractivity contribution is -0.137. The van der Waals surface area contributed by atoms with Crippen LogP contribution in [0.15, 0.2) is 41.3 Å². The summed E-state index contributed by atoms with van der Waals surface area (Å²) in [7, 11) is -3.50. The van der Waals surface area contributed by atoms with E-state index in [9.17, 15) is 13.2 Å². The van der Waals surface area contributed by atoms with Crippen LogP contribution in [0.3, 0.4) is 0 Å². The third kappa shape index (κ3) is 4.36. The summed E-state index contributed by atoms with van der Waals surface area (Å²) in [6.07, 6.45) is 4.31. The van der Waals surface area contributed by atoms with Gasteiger partial charge in [0, 0.05) is 50.9 Å². The van der Waals surface area contributed by atoms with Crippen molar-refractivity contribution in [1.82, 2.24) is 9.21 Å². The van der Waals surface area contributed by atoms with E-state index in [-0.39, 0.29) is 11.8 Å². The Morgan fingerprint density at radius 2 is 1.59 bits per heavy atom. The van der Waals surface area contributed by atoms with Crippen LogP contribution < -0.4 is 4.90 Å². The van der Waals surface area contributed by atoms with E-state index < -0.39 is 10.0 Å². The van der Waals surface area contributed by atoms with E-state index in [0.717, 1.165) is 45.4 Å². The Bertz CT molecular complexity index is 1180. The van der Waals surface area contributed by atoms with Gasteiger partial charge in [0.2, 0.25) is 15.9 Å². The van der Waals surface area contributed by atoms with Gasteiger partial charge < -0.3 is 9.80 Å². The number of fused-ring (bicyclic) bond motifs is 1. The zero-order chi connectivity index (χ0) is 23.9. The van der Waals surface area contributed by atoms with Gasteiger partial charge in [0.05, 0.1) is 4.90 Å². The number of hydrogen-bond acceptors (Lipinski definition) is 4. The molecule has 2 heterocycles. The van der Waals surface area contributed by atoms with E-state index in [2.05, 4.69) is 36.9 Å². The normalized spacial score (nSPS) is 19.9. The number of aryl methyl sites for hydroxylation is 3. The highest BCUT2D eigenvalue weighted by atomic mass is 32.2. The molecule has 1 aliphatic carbocycles. The predicted molar refractivity (Wildman–Crippen MR) is 135 cm³/mol. The maximum Gasteiger partial charge on any atom is 0.243 e. The highest BCUT2D eigenvalue weighted by Gasteiger charge is 2.35. The molecule has 0 saturated carbocycles. The van der Waals surface area contributed by atoms with Crippen LogP contribution in [0.1, 0.15) is 41.5 Å². The van der Waals surface area contributed by atoms with E-state index in [1.54, 1.807) is 10.4 Å². The van der Waals surface area contributed by atoms with Crippen LogP contribution in [-0.4, -0.2) is 62.8 Å². The van der Waals surface area contributed by atoms with Gasteiger partial charge in [-0.15, -0.1) is 0 Å². The molecule has 7 heteroatoms. The molecule has 2 saturated heterocycles. The molecule has 2 fully saturated rings. The molecular formula is C27H35N3O3S. The largest absolute Gasteiger partial charge is 0.368 e. The van der Waals surface area contributed by atoms with Gasteiger partial charge in [-0.05, 0) is 86.4 Å². The molecule has 182 valence electrons. The molecule has 1 amide bonds. The van der Waals surface area contributed by atoms with Gasteiger partial charge in [-0.3, -0.25) is 4.79 Å². The number of amides is 1. The molecular weight excluding hydrogens is 446 g/mol. The van der Waals surface area contributed by atoms with Crippen LogP contribution in [0.4, 0.5) is 5.69 Å². The minimum atomic E-state index is -3.50. The molecule has 6 nitrogen and oxygen atoms in total. The predicted octanol–water partition coefficient (Wildman–Crippen LogP) is 3.54. The molecule has 0 bridgehead atoms. The standard InChI is InChI=1S/C27H35N3O3S/c1-20-5-3-8-26(21(20)2)28-15-17-29(18-16-28)27(31)23-11-13-30(14-12-23)34(32,33)25-10-9-22-6-4-7-24(22)19-25/h3,5,8-10,19,23H,4,6-7,11-18H2,1-2H3. The molecule has 34 heavy (non-hydrogen) atoms. The Morgan fingerprint density at radius 1 is 0.882 bits per heavy atom. The molecule has 0 N–H and O–H groups in total. The Balaban J connectivity index is 1.17. The fourth-order valence-corrected chi connectivity index (χ4v) is 7.23. The van der Waals surface area contributed by atoms with E-state index >= 15 is 0 Å². The smallest absolute Gasteiger partial charge is 0.243 e. The van der Waals surface area contributed by atoms with Gasteiger partial charge in [0.25, 0.3) is 0 Å². The topological polar surface area (TPSA) is 60.9 Å². The van der Waals surface area contributed by atoms with Crippen LogP contribution in [0.5, 0.6) is 0 Å². The summed E-state index contributed by atoms with van der Waals surface area (Å²) in [4.78, 5) is 18.0. The minimum Gasteiger partial charge on any atom is -0.368 e. The van der Waals surface area contributed by atoms with Crippen LogP contribution in [-0.2, 0) is 27.7 Å². The molecule has 0 unspecified atom stereocenters. The van der Waals surface area contributed by atoms with E-state index in [1.165, 1.54) is 27.9 Å². The lowest BCUT2D eigenvalue weighted by Gasteiger charge is -2.39. The Morgan fingerprint density at radius 3 is 2.32 bits per heavy atom. The Kier molecular flexibility index (Phi) is 6.42. The minimum absolute atomic E-state index is 0.0845. The highest BCUT2D eigenvalue weighted by molar-refractivity contribution is 7.89. The number of carbonyl (C=O) groups excluding carboxylic acids is 1. The molecule has 3 aliphatic rings. The third-order valence-electron chi connectivity index (χ3n) is 8.02. The van der Waals surface area contributed by atoms with Crippen molar-refractivity contribution in [1.29, 1.82) is 0 Å². The average molecular weight is 482 g/mol. The number of piperazine rings is 1. The highest BCUT2D eigenvalue weighted by Crippen LogP contribution is 2.30. The molecule has 2 aromatic carbocycles. The lowest BCUT2D eigenvalue weighted by Crippen LogP contribution is -2.52. The van der Waals surface area contributed by atoms with Gasteiger partial charge >= 0.3 is 0 Å². The summed E-state index contributed by atoms with van der Waals surface area (Å²) in [5.41, 5.74) is 6.31. The Labute approximate surface area is 203 Å². The van der Waals surface area contributed by atoms with E-state index in [4.69, 9.17) is 0 Å². The Hall–Kier alpha value is -2.38. The number of benzene rings is 2. The van der Waals surface area contributed by atoms with Crippen molar-refractivity contribution in [2.75, 3.05) is 44.2 Å². The van der Waals surface area contributed by atoms with E-state index in [1.807, 2.05) is 17.0 Å². The summed E-state index contributed by atoms with van der Waals surface area (Å²) < 4.78 is 28.0. The number of carbonyl (C=O) groups is 1. The van der Waals surface area contributed by atoms with Crippen molar-refractivity contribution in [2.45, 2.75) is 50.8 Å². The summed E-state index contributed by atoms with van der Waals surface area (Å²) in [5.74, 6) is 0.105. The number of rotatable bonds is 4. The molecule has 2 aromatic rings. The van der Waals surface area contributed by atoms with E-state index in [0.29, 0.717) is 30.8 Å². The molecule has 0 radical (unpaired) electrons. The van der Waals surface area contributed by atoms with Gasteiger partial charge in [0.1, 0.15) is 0 Å². The van der Waals surface area contributed by atoms with Crippen molar-refractivity contribution in [3.8, 4) is 0 Å². The first-order chi connectivity index (χ1) is 16.3. The molecule has 2 aliphatic heterocycles. The van der Waals surface area contributed by atoms with Crippen molar-refractivity contribution >= 4 is 21.6 Å². The van der Waals surface area contributed by atoms with Crippen LogP contribution >= 0.6 is 0 Å². The molecule has 5 rings (SSSR count). The quantitative estimate of drug-likeness (QED) is 0.670. The number of hydrogen-bond donors (Lipinski definition) is 0. The number of anilines is 1. The maximum atomic E-state index is 13.2. The van der Waals surface area contributed by atoms with Gasteiger partial charge in [-0.25, -0.2) is 8.42 Å².